The van der Waals surface area contributed by atoms with Crippen molar-refractivity contribution in [2.75, 3.05) is 0 Å². The second-order valence-corrected chi connectivity index (χ2v) is 8.92. The first kappa shape index (κ1) is 12.4. The van der Waals surface area contributed by atoms with Crippen LogP contribution in [0.4, 0.5) is 0 Å². The molecule has 8 rings (SSSR count). The summed E-state index contributed by atoms with van der Waals surface area (Å²) in [7, 11) is 0. The van der Waals surface area contributed by atoms with Gasteiger partial charge in [-0.3, -0.25) is 0 Å². The van der Waals surface area contributed by atoms with Crippen molar-refractivity contribution in [2.24, 2.45) is 0 Å². The molecule has 178 valence electrons. The van der Waals surface area contributed by atoms with Crippen LogP contribution in [0, 0.1) is 0 Å². The molecule has 0 atom stereocenters. The van der Waals surface area contributed by atoms with Crippen molar-refractivity contribution in [3.63, 3.8) is 0 Å². The van der Waals surface area contributed by atoms with Gasteiger partial charge in [-0.25, -0.2) is 0 Å². The molecule has 0 saturated heterocycles. The highest BCUT2D eigenvalue weighted by atomic mass is 15.0. The van der Waals surface area contributed by atoms with Crippen LogP contribution in [-0.2, 0) is 0 Å². The number of nitrogens with zero attached hydrogens (tertiary/aromatic N) is 2. The second-order valence-electron chi connectivity index (χ2n) is 8.92. The molecule has 2 aromatic heterocycles. The van der Waals surface area contributed by atoms with Gasteiger partial charge in [-0.15, -0.1) is 0 Å². The highest BCUT2D eigenvalue weighted by Crippen LogP contribution is 2.37. The third-order valence-corrected chi connectivity index (χ3v) is 6.86. The van der Waals surface area contributed by atoms with E-state index in [4.69, 9.17) is 12.3 Å². The lowest BCUT2D eigenvalue weighted by molar-refractivity contribution is 1.15. The quantitative estimate of drug-likeness (QED) is 0.230. The van der Waals surface area contributed by atoms with E-state index in [2.05, 4.69) is 0 Å². The van der Waals surface area contributed by atoms with E-state index in [1.54, 1.807) is 28.8 Å². The van der Waals surface area contributed by atoms with Crippen LogP contribution < -0.4 is 0 Å². The Balaban J connectivity index is 1.51. The summed E-state index contributed by atoms with van der Waals surface area (Å²) in [5.74, 6) is 0. The lowest BCUT2D eigenvalue weighted by Crippen LogP contribution is -1.97. The molecule has 0 radical (unpaired) electrons. The maximum Gasteiger partial charge on any atom is 0.0667 e. The number of hydrogen-bond donors (Lipinski definition) is 0. The molecule has 8 aromatic rings. The smallest absolute Gasteiger partial charge is 0.0667 e. The Hall–Kier alpha value is -5.08. The summed E-state index contributed by atoms with van der Waals surface area (Å²) in [6, 6.07) is 16.6. The normalized spacial score (nSPS) is 16.1. The van der Waals surface area contributed by atoms with Crippen molar-refractivity contribution in [3.8, 4) is 22.5 Å². The molecule has 0 spiro atoms. The van der Waals surface area contributed by atoms with Crippen molar-refractivity contribution in [2.45, 2.75) is 0 Å². The van der Waals surface area contributed by atoms with Crippen molar-refractivity contribution in [1.29, 1.82) is 0 Å². The molecule has 0 aliphatic carbocycles. The van der Waals surface area contributed by atoms with E-state index in [0.717, 1.165) is 10.8 Å². The molecule has 0 aliphatic rings. The highest BCUT2D eigenvalue weighted by molar-refractivity contribution is 6.12. The predicted molar refractivity (Wildman–Crippen MR) is 161 cm³/mol. The Labute approximate surface area is 237 Å². The van der Waals surface area contributed by atoms with E-state index < -0.39 is 42.3 Å². The average molecular weight is 497 g/mol. The Bertz CT molecular complexity index is 2700. The van der Waals surface area contributed by atoms with Crippen LogP contribution >= 0.6 is 0 Å². The van der Waals surface area contributed by atoms with Gasteiger partial charge in [0.2, 0.25) is 0 Å². The Kier molecular flexibility index (Phi) is 2.69. The first-order chi connectivity index (χ1) is 23.9. The van der Waals surface area contributed by atoms with E-state index >= 15 is 0 Å². The number of fused-ring (bicyclic) bond motifs is 6. The van der Waals surface area contributed by atoms with Crippen molar-refractivity contribution in [3.05, 3.63) is 145 Å². The Morgan fingerprint density at radius 2 is 1.00 bits per heavy atom. The van der Waals surface area contributed by atoms with Gasteiger partial charge in [0, 0.05) is 32.9 Å². The molecule has 38 heavy (non-hydrogen) atoms. The van der Waals surface area contributed by atoms with Crippen LogP contribution in [0.5, 0.6) is 0 Å². The number of aromatic nitrogens is 2. The van der Waals surface area contributed by atoms with Crippen molar-refractivity contribution in [1.82, 2.24) is 9.13 Å². The molecule has 0 N–H and O–H groups in total. The van der Waals surface area contributed by atoms with Crippen molar-refractivity contribution >= 4 is 43.6 Å². The lowest BCUT2D eigenvalue weighted by atomic mass is 10.1. The van der Waals surface area contributed by atoms with E-state index in [1.165, 1.54) is 4.57 Å². The Morgan fingerprint density at radius 3 is 1.74 bits per heavy atom. The van der Waals surface area contributed by atoms with Crippen LogP contribution in [0.15, 0.2) is 145 Å². The Morgan fingerprint density at radius 1 is 0.395 bits per heavy atom. The molecular weight excluding hydrogens is 460 g/mol. The summed E-state index contributed by atoms with van der Waals surface area (Å²) in [6.07, 6.45) is 0. The summed E-state index contributed by atoms with van der Waals surface area (Å²) in [5, 5.41) is 1.80. The van der Waals surface area contributed by atoms with Gasteiger partial charge in [-0.2, -0.15) is 0 Å². The minimum absolute atomic E-state index is 0.00136. The molecule has 2 heterocycles. The summed E-state index contributed by atoms with van der Waals surface area (Å²) in [5.41, 5.74) is 2.30. The van der Waals surface area contributed by atoms with Gasteiger partial charge in [-0.05, 0) is 53.5 Å². The minimum Gasteiger partial charge on any atom is -0.309 e. The molecule has 6 aromatic carbocycles. The van der Waals surface area contributed by atoms with Gasteiger partial charge >= 0.3 is 0 Å². The number of rotatable bonds is 3. The zero-order valence-corrected chi connectivity index (χ0v) is 19.8. The van der Waals surface area contributed by atoms with Gasteiger partial charge in [0.15, 0.2) is 0 Å². The van der Waals surface area contributed by atoms with Crippen molar-refractivity contribution < 1.29 is 16.4 Å². The molecule has 0 fully saturated rings. The van der Waals surface area contributed by atoms with Gasteiger partial charge in [0.1, 0.15) is 0 Å². The van der Waals surface area contributed by atoms with E-state index in [1.807, 2.05) is 48.5 Å². The lowest BCUT2D eigenvalue weighted by Gasteiger charge is -2.12. The molecule has 2 heteroatoms. The van der Waals surface area contributed by atoms with Crippen LogP contribution in [-0.4, -0.2) is 9.13 Å². The zero-order valence-electron chi connectivity index (χ0n) is 31.8. The summed E-state index contributed by atoms with van der Waals surface area (Å²) < 4.78 is 107. The molecule has 0 bridgehead atoms. The van der Waals surface area contributed by atoms with Gasteiger partial charge in [0.05, 0.1) is 38.5 Å². The maximum absolute atomic E-state index is 9.70. The standard InChI is InChI=1S/C36H24N2/c1-2-10-25(11-3-1)26-18-20-27(21-19-26)37-33-15-7-6-14-31(33)32-23-22-28(24-36(32)37)38-34-16-8-4-12-29(34)30-13-5-9-17-35(30)38/h1-24H/i1D,2D,3D,6D,7D,10D,11D,14D,15D,22D,23D,24D. The number of para-hydroxylation sites is 3. The van der Waals surface area contributed by atoms with Crippen LogP contribution in [0.2, 0.25) is 0 Å². The fourth-order valence-electron chi connectivity index (χ4n) is 5.21. The fourth-order valence-corrected chi connectivity index (χ4v) is 5.21. The molecule has 0 unspecified atom stereocenters. The number of hydrogen-bond acceptors (Lipinski definition) is 0. The summed E-state index contributed by atoms with van der Waals surface area (Å²) in [4.78, 5) is 0. The van der Waals surface area contributed by atoms with E-state index in [-0.39, 0.29) is 63.3 Å². The summed E-state index contributed by atoms with van der Waals surface area (Å²) >= 11 is 0. The SMILES string of the molecule is [2H]c1c([2H])c([2H])c(-c2ccc(-n3c4c([2H])c([2H])c([2H])c([2H])c4c4c([2H])c([2H])c(-n5c6ccccc6c6ccccc65)c([2H])c43)cc2)c([2H])c1[2H]. The predicted octanol–water partition coefficient (Wildman–Crippen LogP) is 9.55. The monoisotopic (exact) mass is 496 g/mol. The molecule has 0 aliphatic heterocycles. The van der Waals surface area contributed by atoms with E-state index in [9.17, 15) is 4.11 Å². The average Bonchev–Trinajstić information content (AvgIpc) is 3.66. The number of benzene rings is 6. The largest absolute Gasteiger partial charge is 0.309 e. The fraction of sp³-hybridized carbons (Fsp3) is 0. The maximum atomic E-state index is 9.70. The van der Waals surface area contributed by atoms with Gasteiger partial charge in [0.25, 0.3) is 0 Å². The summed E-state index contributed by atoms with van der Waals surface area (Å²) in [6.45, 7) is 0. The third kappa shape index (κ3) is 3.07. The molecule has 2 nitrogen and oxygen atoms in total. The van der Waals surface area contributed by atoms with E-state index in [0.29, 0.717) is 22.3 Å². The molecule has 0 amide bonds. The van der Waals surface area contributed by atoms with Gasteiger partial charge in [-0.1, -0.05) is 103 Å². The molecular formula is C36H24N2. The van der Waals surface area contributed by atoms with Crippen LogP contribution in [0.25, 0.3) is 66.1 Å². The van der Waals surface area contributed by atoms with Gasteiger partial charge < -0.3 is 9.13 Å². The first-order valence-electron chi connectivity index (χ1n) is 18.1. The highest BCUT2D eigenvalue weighted by Gasteiger charge is 2.16. The van der Waals surface area contributed by atoms with Crippen LogP contribution in [0.3, 0.4) is 0 Å². The molecule has 0 saturated carbocycles. The zero-order chi connectivity index (χ0) is 35.5. The first-order valence-corrected chi connectivity index (χ1v) is 12.1. The minimum atomic E-state index is -0.512. The third-order valence-electron chi connectivity index (χ3n) is 6.86. The second kappa shape index (κ2) is 8.22. The topological polar surface area (TPSA) is 9.86 Å². The van der Waals surface area contributed by atoms with Crippen LogP contribution in [0.1, 0.15) is 16.4 Å².